The summed E-state index contributed by atoms with van der Waals surface area (Å²) in [6.45, 7) is 0. The summed E-state index contributed by atoms with van der Waals surface area (Å²) < 4.78 is 11.6. The van der Waals surface area contributed by atoms with Crippen LogP contribution in [0, 0.1) is 0 Å². The Morgan fingerprint density at radius 3 is 1.41 bits per heavy atom. The van der Waals surface area contributed by atoms with Crippen molar-refractivity contribution in [3.8, 4) is 50.2 Å². The molecule has 0 aliphatic heterocycles. The first kappa shape index (κ1) is 46.4. The number of nitrogens with zero attached hydrogens (tertiary/aromatic N) is 2. The highest BCUT2D eigenvalue weighted by atomic mass is 32.1. The Labute approximate surface area is 477 Å². The molecule has 17 aromatic rings. The zero-order valence-electron chi connectivity index (χ0n) is 44.4. The van der Waals surface area contributed by atoms with Crippen molar-refractivity contribution >= 4 is 125 Å². The Morgan fingerprint density at radius 2 is 0.744 bits per heavy atom. The van der Waals surface area contributed by atoms with Gasteiger partial charge in [0.1, 0.15) is 11.2 Å². The summed E-state index contributed by atoms with van der Waals surface area (Å²) in [7, 11) is 0. The minimum atomic E-state index is 0.907. The van der Waals surface area contributed by atoms with Gasteiger partial charge in [-0.2, -0.15) is 0 Å². The molecule has 0 aliphatic carbocycles. The molecule has 0 unspecified atom stereocenters. The van der Waals surface area contributed by atoms with E-state index in [0.29, 0.717) is 0 Å². The summed E-state index contributed by atoms with van der Waals surface area (Å²) in [5.74, 6) is 0. The van der Waals surface area contributed by atoms with Crippen LogP contribution >= 0.6 is 11.3 Å². The molecule has 0 N–H and O–H groups in total. The van der Waals surface area contributed by atoms with E-state index in [0.717, 1.165) is 89.1 Å². The normalized spacial score (nSPS) is 11.9. The Hall–Kier alpha value is -10.5. The summed E-state index contributed by atoms with van der Waals surface area (Å²) >= 11 is 1.86. The fraction of sp³-hybridized carbons (Fsp3) is 0. The second-order valence-corrected chi connectivity index (χ2v) is 22.6. The van der Waals surface area contributed by atoms with Crippen molar-refractivity contribution < 1.29 is 4.42 Å². The molecule has 0 amide bonds. The summed E-state index contributed by atoms with van der Waals surface area (Å²) in [6.07, 6.45) is 0. The Balaban J connectivity index is 0.777. The van der Waals surface area contributed by atoms with Gasteiger partial charge in [0.2, 0.25) is 0 Å². The van der Waals surface area contributed by atoms with Gasteiger partial charge in [0.15, 0.2) is 0 Å². The largest absolute Gasteiger partial charge is 0.455 e. The molecule has 82 heavy (non-hydrogen) atoms. The molecule has 0 aliphatic rings. The number of para-hydroxylation sites is 3. The molecule has 0 spiro atoms. The van der Waals surface area contributed by atoms with Gasteiger partial charge in [-0.05, 0) is 162 Å². The number of furan rings is 1. The van der Waals surface area contributed by atoms with E-state index >= 15 is 0 Å². The van der Waals surface area contributed by atoms with Gasteiger partial charge >= 0.3 is 0 Å². The van der Waals surface area contributed by atoms with Crippen LogP contribution in [0.25, 0.3) is 146 Å². The maximum absolute atomic E-state index is 6.47. The van der Waals surface area contributed by atoms with Crippen LogP contribution in [-0.4, -0.2) is 4.57 Å². The molecule has 382 valence electrons. The molecular weight excluding hydrogens is 1010 g/mol. The molecule has 0 saturated carbocycles. The second kappa shape index (κ2) is 18.5. The molecule has 3 heterocycles. The molecule has 0 radical (unpaired) electrons. The predicted octanol–water partition coefficient (Wildman–Crippen LogP) is 22.6. The van der Waals surface area contributed by atoms with E-state index in [4.69, 9.17) is 4.42 Å². The van der Waals surface area contributed by atoms with E-state index in [2.05, 4.69) is 289 Å². The van der Waals surface area contributed by atoms with Gasteiger partial charge in [0.05, 0.1) is 11.0 Å². The molecule has 0 saturated heterocycles. The number of benzene rings is 14. The van der Waals surface area contributed by atoms with Crippen LogP contribution in [0.1, 0.15) is 0 Å². The highest BCUT2D eigenvalue weighted by molar-refractivity contribution is 7.26. The van der Waals surface area contributed by atoms with Crippen LogP contribution in [0.4, 0.5) is 17.1 Å². The van der Waals surface area contributed by atoms with Crippen LogP contribution in [0.3, 0.4) is 0 Å². The van der Waals surface area contributed by atoms with Gasteiger partial charge in [0, 0.05) is 70.0 Å². The van der Waals surface area contributed by atoms with Gasteiger partial charge in [-0.25, -0.2) is 0 Å². The average Bonchev–Trinajstić information content (AvgIpc) is 3.61. The monoisotopic (exact) mass is 1060 g/mol. The number of fused-ring (bicyclic) bond motifs is 15. The first-order valence-corrected chi connectivity index (χ1v) is 28.9. The maximum atomic E-state index is 6.47. The second-order valence-electron chi connectivity index (χ2n) is 21.5. The van der Waals surface area contributed by atoms with E-state index in [9.17, 15) is 0 Å². The summed E-state index contributed by atoms with van der Waals surface area (Å²) in [5.41, 5.74) is 17.9. The Kier molecular flexibility index (Phi) is 10.5. The lowest BCUT2D eigenvalue weighted by molar-refractivity contribution is 0.670. The van der Waals surface area contributed by atoms with Crippen molar-refractivity contribution in [2.45, 2.75) is 0 Å². The van der Waals surface area contributed by atoms with Crippen LogP contribution in [-0.2, 0) is 0 Å². The minimum Gasteiger partial charge on any atom is -0.455 e. The smallest absolute Gasteiger partial charge is 0.143 e. The quantitative estimate of drug-likeness (QED) is 0.141. The number of thiophene rings is 1. The zero-order chi connectivity index (χ0) is 53.8. The summed E-state index contributed by atoms with van der Waals surface area (Å²) in [6, 6.07) is 107. The standard InChI is InChI=1S/C78H48N2OS/c1-2-14-55(15-3-1)79(57-40-34-51(35-41-57)59-22-13-27-76-77(59)68-21-9-11-26-75(68)82-76)56-38-32-50(33-39-56)54-37-45-73-71(47-54)70-46-53(49-28-30-52(31-29-49)60-23-12-24-67-66-20-8-10-25-74(66)81-78(60)67)36-44-72(70)80(73)58-42-43-65-63-18-5-4-16-61(63)62-17-6-7-19-64(62)69(65)48-58/h1-48H. The number of rotatable bonds is 8. The van der Waals surface area contributed by atoms with Gasteiger partial charge in [-0.1, -0.05) is 200 Å². The van der Waals surface area contributed by atoms with Crippen LogP contribution in [0.15, 0.2) is 296 Å². The van der Waals surface area contributed by atoms with Gasteiger partial charge in [0.25, 0.3) is 0 Å². The highest BCUT2D eigenvalue weighted by Gasteiger charge is 2.20. The third-order valence-electron chi connectivity index (χ3n) is 17.0. The fourth-order valence-corrected chi connectivity index (χ4v) is 14.3. The van der Waals surface area contributed by atoms with Crippen molar-refractivity contribution in [1.82, 2.24) is 4.57 Å². The van der Waals surface area contributed by atoms with E-state index in [-0.39, 0.29) is 0 Å². The SMILES string of the molecule is c1ccc(N(c2ccc(-c3ccc4c(c3)c3cc(-c5ccc(-c6cccc7c6oc6ccccc67)cc5)ccc3n4-c3ccc4c5ccccc5c5ccccc5c4c3)cc2)c2ccc(-c3cccc4sc5ccccc5c34)cc2)cc1. The van der Waals surface area contributed by atoms with Crippen molar-refractivity contribution in [3.05, 3.63) is 291 Å². The molecule has 3 nitrogen and oxygen atoms in total. The first-order chi connectivity index (χ1) is 40.6. The van der Waals surface area contributed by atoms with Crippen LogP contribution in [0.2, 0.25) is 0 Å². The lowest BCUT2D eigenvalue weighted by Gasteiger charge is -2.26. The van der Waals surface area contributed by atoms with E-state index < -0.39 is 0 Å². The molecule has 14 aromatic carbocycles. The van der Waals surface area contributed by atoms with Crippen molar-refractivity contribution in [2.75, 3.05) is 4.90 Å². The molecule has 4 heteroatoms. The average molecular weight is 1060 g/mol. The lowest BCUT2D eigenvalue weighted by atomic mass is 9.94. The van der Waals surface area contributed by atoms with Crippen LogP contribution in [0.5, 0.6) is 0 Å². The zero-order valence-corrected chi connectivity index (χ0v) is 45.2. The highest BCUT2D eigenvalue weighted by Crippen LogP contribution is 2.45. The van der Waals surface area contributed by atoms with Crippen molar-refractivity contribution in [2.24, 2.45) is 0 Å². The van der Waals surface area contributed by atoms with Gasteiger partial charge in [-0.15, -0.1) is 11.3 Å². The third kappa shape index (κ3) is 7.35. The Morgan fingerprint density at radius 1 is 0.280 bits per heavy atom. The number of hydrogen-bond donors (Lipinski definition) is 0. The first-order valence-electron chi connectivity index (χ1n) is 28.0. The molecule has 0 fully saturated rings. The molecular formula is C78H48N2OS. The number of hydrogen-bond acceptors (Lipinski definition) is 3. The summed E-state index contributed by atoms with van der Waals surface area (Å²) in [5, 5.41) is 14.9. The van der Waals surface area contributed by atoms with Gasteiger partial charge in [-0.3, -0.25) is 0 Å². The van der Waals surface area contributed by atoms with E-state index in [1.54, 1.807) is 0 Å². The molecule has 0 bridgehead atoms. The van der Waals surface area contributed by atoms with E-state index in [1.165, 1.54) is 74.4 Å². The number of aromatic nitrogens is 1. The lowest BCUT2D eigenvalue weighted by Crippen LogP contribution is -2.09. The third-order valence-corrected chi connectivity index (χ3v) is 18.1. The topological polar surface area (TPSA) is 21.3 Å². The van der Waals surface area contributed by atoms with Gasteiger partial charge < -0.3 is 13.9 Å². The minimum absolute atomic E-state index is 0.907. The fourth-order valence-electron chi connectivity index (χ4n) is 13.1. The van der Waals surface area contributed by atoms with Crippen LogP contribution < -0.4 is 4.90 Å². The van der Waals surface area contributed by atoms with E-state index in [1.807, 2.05) is 23.5 Å². The predicted molar refractivity (Wildman–Crippen MR) is 350 cm³/mol. The van der Waals surface area contributed by atoms with Crippen molar-refractivity contribution in [3.63, 3.8) is 0 Å². The molecule has 17 rings (SSSR count). The number of anilines is 3. The molecule has 0 atom stereocenters. The van der Waals surface area contributed by atoms with Crippen molar-refractivity contribution in [1.29, 1.82) is 0 Å². The maximum Gasteiger partial charge on any atom is 0.143 e. The Bertz CT molecular complexity index is 5340. The molecule has 3 aromatic heterocycles. The summed E-state index contributed by atoms with van der Waals surface area (Å²) in [4.78, 5) is 2.35.